The maximum atomic E-state index is 12.9. The first-order valence-electron chi connectivity index (χ1n) is 8.34. The van der Waals surface area contributed by atoms with Gasteiger partial charge < -0.3 is 15.4 Å². The van der Waals surface area contributed by atoms with Gasteiger partial charge in [-0.2, -0.15) is 0 Å². The van der Waals surface area contributed by atoms with Crippen molar-refractivity contribution < 1.29 is 9.53 Å². The van der Waals surface area contributed by atoms with Crippen LogP contribution < -0.4 is 5.73 Å². The van der Waals surface area contributed by atoms with Crippen molar-refractivity contribution in [3.05, 3.63) is 28.9 Å². The highest BCUT2D eigenvalue weighted by atomic mass is 79.9. The number of anilines is 1. The van der Waals surface area contributed by atoms with Crippen molar-refractivity contribution in [1.82, 2.24) is 19.3 Å². The van der Waals surface area contributed by atoms with Crippen LogP contribution in [0.25, 0.3) is 11.1 Å². The second-order valence-corrected chi connectivity index (χ2v) is 7.66. The van der Waals surface area contributed by atoms with Gasteiger partial charge in [-0.15, -0.1) is 0 Å². The van der Waals surface area contributed by atoms with Crippen molar-refractivity contribution in [2.45, 2.75) is 19.8 Å². The monoisotopic (exact) mass is 405 g/mol. The number of ether oxygens (including phenoxy) is 1. The molecule has 2 aromatic rings. The van der Waals surface area contributed by atoms with Crippen LogP contribution in [0.1, 0.15) is 25.6 Å². The first-order valence-corrected chi connectivity index (χ1v) is 9.13. The molecule has 0 bridgehead atoms. The van der Waals surface area contributed by atoms with Gasteiger partial charge in [0.2, 0.25) is 5.91 Å². The SMILES string of the molecule is CC1(C(=O)N2CCCC=C(c3nc(Br)c4c(N)nccn34)C2)COC1. The third-order valence-corrected chi connectivity index (χ3v) is 5.41. The minimum Gasteiger partial charge on any atom is -0.382 e. The standard InChI is InChI=1S/C17H20BrN5O2/c1-17(9-25-10-17)16(24)22-6-3-2-4-11(8-22)15-21-13(18)12-14(19)20-5-7-23(12)15/h4-5,7H,2-3,6,8-10H2,1H3,(H2,19,20). The predicted molar refractivity (Wildman–Crippen MR) is 97.8 cm³/mol. The molecule has 0 atom stereocenters. The Kier molecular flexibility index (Phi) is 4.04. The average molecular weight is 406 g/mol. The van der Waals surface area contributed by atoms with E-state index >= 15 is 0 Å². The van der Waals surface area contributed by atoms with Gasteiger partial charge in [-0.3, -0.25) is 9.20 Å². The summed E-state index contributed by atoms with van der Waals surface area (Å²) >= 11 is 3.47. The maximum absolute atomic E-state index is 12.9. The molecule has 1 fully saturated rings. The van der Waals surface area contributed by atoms with Crippen molar-refractivity contribution in [1.29, 1.82) is 0 Å². The highest BCUT2D eigenvalue weighted by molar-refractivity contribution is 9.10. The van der Waals surface area contributed by atoms with Crippen LogP contribution in [-0.4, -0.2) is 51.5 Å². The van der Waals surface area contributed by atoms with E-state index in [0.717, 1.165) is 36.3 Å². The van der Waals surface area contributed by atoms with Crippen LogP contribution in [0.4, 0.5) is 5.82 Å². The third kappa shape index (κ3) is 2.73. The Hall–Kier alpha value is -1.93. The molecule has 4 rings (SSSR count). The molecule has 0 spiro atoms. The normalized spacial score (nSPS) is 20.1. The lowest BCUT2D eigenvalue weighted by molar-refractivity contribution is -0.168. The van der Waals surface area contributed by atoms with E-state index in [1.807, 2.05) is 22.4 Å². The van der Waals surface area contributed by atoms with Gasteiger partial charge in [0.15, 0.2) is 5.82 Å². The number of hydrogen-bond acceptors (Lipinski definition) is 5. The first kappa shape index (κ1) is 16.5. The molecule has 132 valence electrons. The minimum absolute atomic E-state index is 0.160. The molecule has 2 aromatic heterocycles. The lowest BCUT2D eigenvalue weighted by Crippen LogP contribution is -2.53. The van der Waals surface area contributed by atoms with Crippen molar-refractivity contribution in [2.24, 2.45) is 5.41 Å². The van der Waals surface area contributed by atoms with Gasteiger partial charge in [-0.25, -0.2) is 9.97 Å². The van der Waals surface area contributed by atoms with E-state index in [0.29, 0.717) is 30.2 Å². The second-order valence-electron chi connectivity index (χ2n) is 6.91. The summed E-state index contributed by atoms with van der Waals surface area (Å²) < 4.78 is 7.85. The Morgan fingerprint density at radius 1 is 1.44 bits per heavy atom. The van der Waals surface area contributed by atoms with Crippen LogP contribution >= 0.6 is 15.9 Å². The van der Waals surface area contributed by atoms with Gasteiger partial charge in [0.05, 0.1) is 18.6 Å². The number of carbonyl (C=O) groups excluding carboxylic acids is 1. The zero-order valence-electron chi connectivity index (χ0n) is 14.0. The molecule has 2 aliphatic rings. The number of rotatable bonds is 2. The van der Waals surface area contributed by atoms with Crippen LogP contribution in [0, 0.1) is 5.41 Å². The number of carbonyl (C=O) groups is 1. The summed E-state index contributed by atoms with van der Waals surface area (Å²) in [6.45, 7) is 4.27. The number of hydrogen-bond donors (Lipinski definition) is 1. The van der Waals surface area contributed by atoms with Gasteiger partial charge in [0.25, 0.3) is 0 Å². The number of allylic oxidation sites excluding steroid dienone is 1. The molecule has 4 heterocycles. The third-order valence-electron chi connectivity index (χ3n) is 4.86. The van der Waals surface area contributed by atoms with Crippen molar-refractivity contribution in [3.8, 4) is 0 Å². The van der Waals surface area contributed by atoms with Crippen LogP contribution in [0.5, 0.6) is 0 Å². The molecule has 2 aliphatic heterocycles. The van der Waals surface area contributed by atoms with E-state index in [1.165, 1.54) is 0 Å². The Bertz CT molecular complexity index is 871. The highest BCUT2D eigenvalue weighted by Crippen LogP contribution is 2.32. The summed E-state index contributed by atoms with van der Waals surface area (Å²) in [5, 5.41) is 0. The average Bonchev–Trinajstić information content (AvgIpc) is 2.76. The molecule has 0 aromatic carbocycles. The minimum atomic E-state index is -0.390. The van der Waals surface area contributed by atoms with Crippen LogP contribution in [0.2, 0.25) is 0 Å². The fraction of sp³-hybridized carbons (Fsp3) is 0.471. The van der Waals surface area contributed by atoms with Gasteiger partial charge >= 0.3 is 0 Å². The largest absolute Gasteiger partial charge is 0.382 e. The lowest BCUT2D eigenvalue weighted by Gasteiger charge is -2.40. The predicted octanol–water partition coefficient (Wildman–Crippen LogP) is 2.12. The lowest BCUT2D eigenvalue weighted by atomic mass is 9.87. The summed E-state index contributed by atoms with van der Waals surface area (Å²) in [6.07, 6.45) is 7.54. The van der Waals surface area contributed by atoms with Crippen molar-refractivity contribution in [2.75, 3.05) is 32.0 Å². The quantitative estimate of drug-likeness (QED) is 0.826. The summed E-state index contributed by atoms with van der Waals surface area (Å²) in [5.74, 6) is 1.38. The Morgan fingerprint density at radius 2 is 2.24 bits per heavy atom. The van der Waals surface area contributed by atoms with E-state index in [4.69, 9.17) is 10.5 Å². The second kappa shape index (κ2) is 6.10. The number of halogens is 1. The molecule has 2 N–H and O–H groups in total. The van der Waals surface area contributed by atoms with Gasteiger partial charge in [-0.1, -0.05) is 6.08 Å². The van der Waals surface area contributed by atoms with Crippen LogP contribution in [0.15, 0.2) is 23.1 Å². The number of aromatic nitrogens is 3. The molecule has 0 aliphatic carbocycles. The molecule has 1 saturated heterocycles. The van der Waals surface area contributed by atoms with Gasteiger partial charge in [-0.05, 0) is 35.7 Å². The van der Waals surface area contributed by atoms with Gasteiger partial charge in [0, 0.05) is 31.1 Å². The number of fused-ring (bicyclic) bond motifs is 1. The zero-order valence-corrected chi connectivity index (χ0v) is 15.6. The summed E-state index contributed by atoms with van der Waals surface area (Å²) in [4.78, 5) is 23.6. The van der Waals surface area contributed by atoms with Crippen molar-refractivity contribution in [3.63, 3.8) is 0 Å². The number of amides is 1. The molecular formula is C17H20BrN5O2. The van der Waals surface area contributed by atoms with E-state index < -0.39 is 0 Å². The fourth-order valence-corrected chi connectivity index (χ4v) is 3.97. The molecule has 0 unspecified atom stereocenters. The maximum Gasteiger partial charge on any atom is 0.233 e. The Morgan fingerprint density at radius 3 is 2.96 bits per heavy atom. The molecule has 1 amide bonds. The van der Waals surface area contributed by atoms with E-state index in [9.17, 15) is 4.79 Å². The van der Waals surface area contributed by atoms with Crippen molar-refractivity contribution >= 4 is 38.7 Å². The Balaban J connectivity index is 1.69. The Labute approximate surface area is 154 Å². The number of nitrogens with zero attached hydrogens (tertiary/aromatic N) is 4. The smallest absolute Gasteiger partial charge is 0.233 e. The number of nitrogens with two attached hydrogens (primary N) is 1. The highest BCUT2D eigenvalue weighted by Gasteiger charge is 2.43. The van der Waals surface area contributed by atoms with E-state index in [2.05, 4.69) is 32.0 Å². The summed E-state index contributed by atoms with van der Waals surface area (Å²) in [6, 6.07) is 0. The molecule has 7 nitrogen and oxygen atoms in total. The van der Waals surface area contributed by atoms with E-state index in [1.54, 1.807) is 6.20 Å². The van der Waals surface area contributed by atoms with Gasteiger partial charge in [0.1, 0.15) is 15.9 Å². The van der Waals surface area contributed by atoms with Crippen LogP contribution in [0.3, 0.4) is 0 Å². The van der Waals surface area contributed by atoms with Crippen LogP contribution in [-0.2, 0) is 9.53 Å². The molecule has 25 heavy (non-hydrogen) atoms. The molecule has 0 saturated carbocycles. The first-order chi connectivity index (χ1) is 12.0. The summed E-state index contributed by atoms with van der Waals surface area (Å²) in [5.41, 5.74) is 7.38. The molecular weight excluding hydrogens is 386 g/mol. The number of nitrogen functional groups attached to an aromatic ring is 1. The van der Waals surface area contributed by atoms with E-state index in [-0.39, 0.29) is 11.3 Å². The number of imidazole rings is 1. The topological polar surface area (TPSA) is 85.8 Å². The zero-order chi connectivity index (χ0) is 17.6. The fourth-order valence-electron chi connectivity index (χ4n) is 3.40. The summed E-state index contributed by atoms with van der Waals surface area (Å²) in [7, 11) is 0. The molecule has 0 radical (unpaired) electrons. The molecule has 8 heteroatoms.